The van der Waals surface area contributed by atoms with Gasteiger partial charge in [-0.1, -0.05) is 17.7 Å². The zero-order valence-corrected chi connectivity index (χ0v) is 9.86. The summed E-state index contributed by atoms with van der Waals surface area (Å²) >= 11 is 6.07. The summed E-state index contributed by atoms with van der Waals surface area (Å²) in [7, 11) is 0. The van der Waals surface area contributed by atoms with E-state index in [2.05, 4.69) is 15.6 Å². The number of aromatic nitrogens is 1. The topological polar surface area (TPSA) is 71.1 Å². The molecule has 2 heterocycles. The van der Waals surface area contributed by atoms with Crippen LogP contribution in [0, 0.1) is 0 Å². The number of benzene rings is 1. The molecule has 1 aliphatic rings. The van der Waals surface area contributed by atoms with Crippen LogP contribution in [-0.4, -0.2) is 16.9 Å². The number of hydrogen-bond donors (Lipinski definition) is 2. The molecular formula is C12H8ClN3O2. The van der Waals surface area contributed by atoms with Crippen LogP contribution in [0.2, 0.25) is 5.02 Å². The summed E-state index contributed by atoms with van der Waals surface area (Å²) in [6, 6.07) is 5.77. The highest BCUT2D eigenvalue weighted by Gasteiger charge is 2.32. The van der Waals surface area contributed by atoms with Crippen molar-refractivity contribution in [2.24, 2.45) is 0 Å². The SMILES string of the molecule is O=C1NC(=O)C(c2ccc(Cl)c3cccnc23)N1. The van der Waals surface area contributed by atoms with E-state index in [0.717, 1.165) is 5.39 Å². The number of pyridine rings is 1. The van der Waals surface area contributed by atoms with Gasteiger partial charge in [-0.3, -0.25) is 15.1 Å². The van der Waals surface area contributed by atoms with E-state index >= 15 is 0 Å². The van der Waals surface area contributed by atoms with E-state index in [-0.39, 0.29) is 5.91 Å². The average molecular weight is 262 g/mol. The number of imide groups is 1. The molecule has 3 amide bonds. The van der Waals surface area contributed by atoms with Crippen molar-refractivity contribution >= 4 is 34.4 Å². The van der Waals surface area contributed by atoms with Crippen molar-refractivity contribution in [3.8, 4) is 0 Å². The highest BCUT2D eigenvalue weighted by Crippen LogP contribution is 2.29. The molecule has 2 aromatic rings. The molecule has 90 valence electrons. The second kappa shape index (κ2) is 3.96. The Morgan fingerprint density at radius 3 is 2.78 bits per heavy atom. The Morgan fingerprint density at radius 1 is 1.22 bits per heavy atom. The quantitative estimate of drug-likeness (QED) is 0.769. The molecule has 6 heteroatoms. The van der Waals surface area contributed by atoms with Crippen molar-refractivity contribution in [1.29, 1.82) is 0 Å². The second-order valence-corrected chi connectivity index (χ2v) is 4.34. The van der Waals surface area contributed by atoms with E-state index in [1.165, 1.54) is 0 Å². The molecule has 1 aromatic heterocycles. The number of carbonyl (C=O) groups excluding carboxylic acids is 2. The minimum atomic E-state index is -0.716. The Bertz CT molecular complexity index is 671. The van der Waals surface area contributed by atoms with Crippen LogP contribution in [0.3, 0.4) is 0 Å². The van der Waals surface area contributed by atoms with Gasteiger partial charge in [-0.05, 0) is 18.2 Å². The number of rotatable bonds is 1. The molecule has 1 saturated heterocycles. The van der Waals surface area contributed by atoms with E-state index in [1.807, 2.05) is 6.07 Å². The predicted octanol–water partition coefficient (Wildman–Crippen LogP) is 1.77. The third-order valence-corrected chi connectivity index (χ3v) is 3.16. The molecule has 1 unspecified atom stereocenters. The molecule has 0 spiro atoms. The normalized spacial score (nSPS) is 18.8. The zero-order chi connectivity index (χ0) is 12.7. The Kier molecular flexibility index (Phi) is 2.41. The number of amides is 3. The van der Waals surface area contributed by atoms with Gasteiger partial charge in [-0.2, -0.15) is 0 Å². The van der Waals surface area contributed by atoms with E-state index in [0.29, 0.717) is 16.1 Å². The van der Waals surface area contributed by atoms with E-state index in [1.54, 1.807) is 24.4 Å². The Balaban J connectivity index is 2.21. The van der Waals surface area contributed by atoms with Crippen LogP contribution in [0.5, 0.6) is 0 Å². The zero-order valence-electron chi connectivity index (χ0n) is 9.11. The van der Waals surface area contributed by atoms with Gasteiger partial charge in [0.2, 0.25) is 0 Å². The summed E-state index contributed by atoms with van der Waals surface area (Å²) in [5, 5.41) is 6.06. The molecule has 1 fully saturated rings. The molecule has 1 atom stereocenters. The highest BCUT2D eigenvalue weighted by molar-refractivity contribution is 6.35. The van der Waals surface area contributed by atoms with Crippen molar-refractivity contribution < 1.29 is 9.59 Å². The molecule has 3 rings (SSSR count). The number of urea groups is 1. The lowest BCUT2D eigenvalue weighted by Crippen LogP contribution is -2.22. The molecule has 18 heavy (non-hydrogen) atoms. The van der Waals surface area contributed by atoms with Gasteiger partial charge in [-0.25, -0.2) is 4.79 Å². The Morgan fingerprint density at radius 2 is 2.06 bits per heavy atom. The third-order valence-electron chi connectivity index (χ3n) is 2.83. The number of nitrogens with zero attached hydrogens (tertiary/aromatic N) is 1. The van der Waals surface area contributed by atoms with Gasteiger partial charge >= 0.3 is 6.03 Å². The first-order valence-electron chi connectivity index (χ1n) is 5.31. The number of halogens is 1. The highest BCUT2D eigenvalue weighted by atomic mass is 35.5. The molecule has 0 aliphatic carbocycles. The molecule has 5 nitrogen and oxygen atoms in total. The Hall–Kier alpha value is -2.14. The largest absolute Gasteiger partial charge is 0.322 e. The van der Waals surface area contributed by atoms with E-state index < -0.39 is 12.1 Å². The summed E-state index contributed by atoms with van der Waals surface area (Å²) in [5.41, 5.74) is 1.26. The van der Waals surface area contributed by atoms with Gasteiger partial charge in [0.1, 0.15) is 6.04 Å². The molecule has 1 aliphatic heterocycles. The van der Waals surface area contributed by atoms with E-state index in [4.69, 9.17) is 11.6 Å². The number of fused-ring (bicyclic) bond motifs is 1. The summed E-state index contributed by atoms with van der Waals surface area (Å²) in [6.45, 7) is 0. The van der Waals surface area contributed by atoms with Crippen LogP contribution in [0.25, 0.3) is 10.9 Å². The monoisotopic (exact) mass is 261 g/mol. The lowest BCUT2D eigenvalue weighted by Gasteiger charge is -2.11. The molecule has 1 aromatic carbocycles. The predicted molar refractivity (Wildman–Crippen MR) is 66.2 cm³/mol. The maximum atomic E-state index is 11.7. The minimum absolute atomic E-state index is 0.380. The number of carbonyl (C=O) groups is 2. The van der Waals surface area contributed by atoms with Crippen LogP contribution in [0.1, 0.15) is 11.6 Å². The maximum Gasteiger partial charge on any atom is 0.322 e. The molecule has 0 saturated carbocycles. The smallest absolute Gasteiger partial charge is 0.322 e. The van der Waals surface area contributed by atoms with Crippen molar-refractivity contribution in [3.05, 3.63) is 41.0 Å². The number of hydrogen-bond acceptors (Lipinski definition) is 3. The maximum absolute atomic E-state index is 11.7. The standard InChI is InChI=1S/C12H8ClN3O2/c13-8-4-3-7(9-6(8)2-1-5-14-9)10-11(17)16-12(18)15-10/h1-5,10H,(H2,15,16,17,18). The van der Waals surface area contributed by atoms with Crippen LogP contribution < -0.4 is 10.6 Å². The van der Waals surface area contributed by atoms with Crippen molar-refractivity contribution in [2.45, 2.75) is 6.04 Å². The van der Waals surface area contributed by atoms with Gasteiger partial charge in [0.05, 0.1) is 5.52 Å². The molecule has 0 radical (unpaired) electrons. The second-order valence-electron chi connectivity index (χ2n) is 3.93. The fourth-order valence-corrected chi connectivity index (χ4v) is 2.24. The fraction of sp³-hybridized carbons (Fsp3) is 0.0833. The van der Waals surface area contributed by atoms with Gasteiger partial charge in [0, 0.05) is 22.2 Å². The molecule has 0 bridgehead atoms. The van der Waals surface area contributed by atoms with Crippen molar-refractivity contribution in [1.82, 2.24) is 15.6 Å². The van der Waals surface area contributed by atoms with Gasteiger partial charge in [0.15, 0.2) is 0 Å². The van der Waals surface area contributed by atoms with Crippen LogP contribution in [0.4, 0.5) is 4.79 Å². The lowest BCUT2D eigenvalue weighted by molar-refractivity contribution is -0.120. The molecular weight excluding hydrogens is 254 g/mol. The van der Waals surface area contributed by atoms with E-state index in [9.17, 15) is 9.59 Å². The lowest BCUT2D eigenvalue weighted by atomic mass is 10.0. The average Bonchev–Trinajstić information content (AvgIpc) is 2.69. The third kappa shape index (κ3) is 1.60. The molecule has 2 N–H and O–H groups in total. The first-order valence-corrected chi connectivity index (χ1v) is 5.69. The first-order chi connectivity index (χ1) is 8.66. The van der Waals surface area contributed by atoms with Gasteiger partial charge in [0.25, 0.3) is 5.91 Å². The summed E-state index contributed by atoms with van der Waals surface area (Å²) in [4.78, 5) is 27.0. The van der Waals surface area contributed by atoms with Crippen LogP contribution in [-0.2, 0) is 4.79 Å². The summed E-state index contributed by atoms with van der Waals surface area (Å²) in [6.07, 6.45) is 1.62. The summed E-state index contributed by atoms with van der Waals surface area (Å²) < 4.78 is 0. The Labute approximate surface area is 107 Å². The van der Waals surface area contributed by atoms with Gasteiger partial charge < -0.3 is 5.32 Å². The van der Waals surface area contributed by atoms with Crippen LogP contribution >= 0.6 is 11.6 Å². The number of nitrogens with one attached hydrogen (secondary N) is 2. The fourth-order valence-electron chi connectivity index (χ4n) is 2.03. The first kappa shape index (κ1) is 11.0. The van der Waals surface area contributed by atoms with Crippen molar-refractivity contribution in [2.75, 3.05) is 0 Å². The van der Waals surface area contributed by atoms with Crippen LogP contribution in [0.15, 0.2) is 30.5 Å². The van der Waals surface area contributed by atoms with Gasteiger partial charge in [-0.15, -0.1) is 0 Å². The summed E-state index contributed by atoms with van der Waals surface area (Å²) in [5.74, 6) is -0.380. The minimum Gasteiger partial charge on any atom is -0.322 e. The van der Waals surface area contributed by atoms with Crippen molar-refractivity contribution in [3.63, 3.8) is 0 Å².